The highest BCUT2D eigenvalue weighted by molar-refractivity contribution is 6.03. The molecule has 3 aromatic rings. The maximum atomic E-state index is 12.3. The molecule has 0 unspecified atom stereocenters. The molecule has 0 fully saturated rings. The topological polar surface area (TPSA) is 84.0 Å². The molecule has 3 rings (SSSR count). The number of Topliss-reactive ketones (excluding diaryl/α,β-unsaturated/α-hetero) is 1. The van der Waals surface area contributed by atoms with E-state index in [0.717, 1.165) is 11.3 Å². The fourth-order valence-electron chi connectivity index (χ4n) is 2.61. The number of ketones is 1. The van der Waals surface area contributed by atoms with E-state index in [4.69, 9.17) is 0 Å². The molecule has 136 valence electrons. The van der Waals surface area contributed by atoms with Crippen molar-refractivity contribution in [1.29, 1.82) is 0 Å². The van der Waals surface area contributed by atoms with Crippen LogP contribution in [0, 0.1) is 13.8 Å². The first-order valence-corrected chi connectivity index (χ1v) is 8.51. The molecule has 6 nitrogen and oxygen atoms in total. The quantitative estimate of drug-likeness (QED) is 0.663. The smallest absolute Gasteiger partial charge is 0.275 e. The van der Waals surface area contributed by atoms with Crippen LogP contribution in [0.3, 0.4) is 0 Å². The molecule has 0 atom stereocenters. The largest absolute Gasteiger partial charge is 0.339 e. The highest BCUT2D eigenvalue weighted by Crippen LogP contribution is 2.20. The number of anilines is 3. The minimum atomic E-state index is -0.388. The predicted molar refractivity (Wildman–Crippen MR) is 106 cm³/mol. The number of nitrogens with one attached hydrogen (secondary N) is 2. The van der Waals surface area contributed by atoms with Crippen LogP contribution >= 0.6 is 0 Å². The summed E-state index contributed by atoms with van der Waals surface area (Å²) in [4.78, 5) is 32.2. The van der Waals surface area contributed by atoms with Crippen LogP contribution in [0.5, 0.6) is 0 Å². The Morgan fingerprint density at radius 1 is 0.963 bits per heavy atom. The van der Waals surface area contributed by atoms with Crippen molar-refractivity contribution in [3.8, 4) is 0 Å². The van der Waals surface area contributed by atoms with Gasteiger partial charge in [-0.2, -0.15) is 0 Å². The molecule has 0 saturated carbocycles. The van der Waals surface area contributed by atoms with E-state index in [0.29, 0.717) is 17.1 Å². The van der Waals surface area contributed by atoms with E-state index in [2.05, 4.69) is 26.7 Å². The fraction of sp³-hybridized carbons (Fsp3) is 0.143. The first-order valence-electron chi connectivity index (χ1n) is 8.51. The van der Waals surface area contributed by atoms with Gasteiger partial charge in [0.25, 0.3) is 5.91 Å². The lowest BCUT2D eigenvalue weighted by Gasteiger charge is -2.10. The van der Waals surface area contributed by atoms with Crippen LogP contribution in [0.1, 0.15) is 38.9 Å². The Hall–Kier alpha value is -3.54. The van der Waals surface area contributed by atoms with Crippen LogP contribution in [0.25, 0.3) is 0 Å². The second kappa shape index (κ2) is 7.78. The molecule has 2 N–H and O–H groups in total. The van der Waals surface area contributed by atoms with Crippen LogP contribution in [-0.4, -0.2) is 21.7 Å². The molecule has 1 amide bonds. The van der Waals surface area contributed by atoms with E-state index in [1.165, 1.54) is 24.9 Å². The highest BCUT2D eigenvalue weighted by atomic mass is 16.2. The molecule has 1 aromatic heterocycles. The zero-order valence-electron chi connectivity index (χ0n) is 15.4. The number of rotatable bonds is 5. The van der Waals surface area contributed by atoms with E-state index >= 15 is 0 Å². The van der Waals surface area contributed by atoms with Gasteiger partial charge in [0.15, 0.2) is 5.78 Å². The third kappa shape index (κ3) is 4.55. The lowest BCUT2D eigenvalue weighted by atomic mass is 10.1. The number of amides is 1. The Morgan fingerprint density at radius 2 is 1.78 bits per heavy atom. The summed E-state index contributed by atoms with van der Waals surface area (Å²) in [5, 5.41) is 5.92. The van der Waals surface area contributed by atoms with Crippen molar-refractivity contribution in [2.75, 3.05) is 10.6 Å². The van der Waals surface area contributed by atoms with Gasteiger partial charge >= 0.3 is 0 Å². The van der Waals surface area contributed by atoms with Crippen LogP contribution in [0.15, 0.2) is 54.9 Å². The maximum Gasteiger partial charge on any atom is 0.275 e. The molecule has 27 heavy (non-hydrogen) atoms. The fourth-order valence-corrected chi connectivity index (χ4v) is 2.61. The number of nitrogens with zero attached hydrogens (tertiary/aromatic N) is 2. The van der Waals surface area contributed by atoms with Gasteiger partial charge < -0.3 is 10.6 Å². The van der Waals surface area contributed by atoms with Crippen molar-refractivity contribution in [2.45, 2.75) is 20.8 Å². The van der Waals surface area contributed by atoms with Crippen molar-refractivity contribution in [1.82, 2.24) is 9.97 Å². The summed E-state index contributed by atoms with van der Waals surface area (Å²) in [6.45, 7) is 5.53. The van der Waals surface area contributed by atoms with E-state index in [1.54, 1.807) is 24.3 Å². The Labute approximate surface area is 157 Å². The van der Waals surface area contributed by atoms with Gasteiger partial charge in [0.2, 0.25) is 0 Å². The van der Waals surface area contributed by atoms with Crippen molar-refractivity contribution in [2.24, 2.45) is 0 Å². The highest BCUT2D eigenvalue weighted by Gasteiger charge is 2.10. The van der Waals surface area contributed by atoms with Crippen LogP contribution < -0.4 is 10.6 Å². The number of hydrogen-bond donors (Lipinski definition) is 2. The average Bonchev–Trinajstić information content (AvgIpc) is 2.65. The van der Waals surface area contributed by atoms with Crippen LogP contribution in [-0.2, 0) is 0 Å². The third-order valence-electron chi connectivity index (χ3n) is 4.06. The molecular weight excluding hydrogens is 340 g/mol. The van der Waals surface area contributed by atoms with Gasteiger partial charge in [0.05, 0.1) is 12.4 Å². The van der Waals surface area contributed by atoms with Crippen LogP contribution in [0.4, 0.5) is 17.2 Å². The summed E-state index contributed by atoms with van der Waals surface area (Å²) in [5.74, 6) is 0.103. The summed E-state index contributed by atoms with van der Waals surface area (Å²) >= 11 is 0. The second-order valence-corrected chi connectivity index (χ2v) is 6.32. The van der Waals surface area contributed by atoms with E-state index in [1.807, 2.05) is 26.0 Å². The van der Waals surface area contributed by atoms with Gasteiger partial charge in [-0.25, -0.2) is 9.97 Å². The predicted octanol–water partition coefficient (Wildman–Crippen LogP) is 4.29. The third-order valence-corrected chi connectivity index (χ3v) is 4.06. The summed E-state index contributed by atoms with van der Waals surface area (Å²) in [6, 6.07) is 12.8. The summed E-state index contributed by atoms with van der Waals surface area (Å²) in [6.07, 6.45) is 2.93. The molecule has 2 aromatic carbocycles. The molecule has 0 aliphatic rings. The number of benzene rings is 2. The standard InChI is InChI=1S/C21H20N4O2/c1-13-7-8-18(14(2)9-13)25-20-12-22-19(11-23-20)21(27)24-17-6-4-5-16(10-17)15(3)26/h4-12H,1-3H3,(H,23,25)(H,24,27). The van der Waals surface area contributed by atoms with E-state index in [-0.39, 0.29) is 17.4 Å². The molecular formula is C21H20N4O2. The normalized spacial score (nSPS) is 10.3. The zero-order valence-corrected chi connectivity index (χ0v) is 15.4. The minimum Gasteiger partial charge on any atom is -0.339 e. The summed E-state index contributed by atoms with van der Waals surface area (Å²) in [7, 11) is 0. The Morgan fingerprint density at radius 3 is 2.44 bits per heavy atom. The molecule has 1 heterocycles. The minimum absolute atomic E-state index is 0.0623. The Kier molecular flexibility index (Phi) is 5.26. The summed E-state index contributed by atoms with van der Waals surface area (Å²) in [5.41, 5.74) is 4.48. The molecule has 0 aliphatic heterocycles. The van der Waals surface area contributed by atoms with Crippen molar-refractivity contribution in [3.63, 3.8) is 0 Å². The number of hydrogen-bond acceptors (Lipinski definition) is 5. The van der Waals surface area contributed by atoms with Gasteiger partial charge in [-0.15, -0.1) is 0 Å². The van der Waals surface area contributed by atoms with Gasteiger partial charge in [-0.3, -0.25) is 9.59 Å². The van der Waals surface area contributed by atoms with Crippen molar-refractivity contribution < 1.29 is 9.59 Å². The van der Waals surface area contributed by atoms with Crippen LogP contribution in [0.2, 0.25) is 0 Å². The number of aryl methyl sites for hydroxylation is 2. The van der Waals surface area contributed by atoms with Gasteiger partial charge in [0.1, 0.15) is 11.5 Å². The Balaban J connectivity index is 1.70. The van der Waals surface area contributed by atoms with Gasteiger partial charge in [-0.05, 0) is 44.5 Å². The molecule has 0 spiro atoms. The first kappa shape index (κ1) is 18.3. The molecule has 0 radical (unpaired) electrons. The van der Waals surface area contributed by atoms with Gasteiger partial charge in [0, 0.05) is 16.9 Å². The second-order valence-electron chi connectivity index (χ2n) is 6.32. The van der Waals surface area contributed by atoms with Gasteiger partial charge in [-0.1, -0.05) is 29.8 Å². The zero-order chi connectivity index (χ0) is 19.4. The SMILES string of the molecule is CC(=O)c1cccc(NC(=O)c2cnc(Nc3ccc(C)cc3C)cn2)c1. The maximum absolute atomic E-state index is 12.3. The Bertz CT molecular complexity index is 997. The van der Waals surface area contributed by atoms with E-state index in [9.17, 15) is 9.59 Å². The molecule has 0 aliphatic carbocycles. The molecule has 6 heteroatoms. The number of carbonyl (C=O) groups is 2. The van der Waals surface area contributed by atoms with Crippen molar-refractivity contribution in [3.05, 3.63) is 77.2 Å². The molecule has 0 bridgehead atoms. The number of carbonyl (C=O) groups excluding carboxylic acids is 2. The average molecular weight is 360 g/mol. The van der Waals surface area contributed by atoms with E-state index < -0.39 is 0 Å². The van der Waals surface area contributed by atoms with Crippen molar-refractivity contribution >= 4 is 28.9 Å². The lowest BCUT2D eigenvalue weighted by Crippen LogP contribution is -2.14. The number of aromatic nitrogens is 2. The first-order chi connectivity index (χ1) is 12.9. The molecule has 0 saturated heterocycles. The summed E-state index contributed by atoms with van der Waals surface area (Å²) < 4.78 is 0. The monoisotopic (exact) mass is 360 g/mol. The lowest BCUT2D eigenvalue weighted by molar-refractivity contribution is 0.100.